The van der Waals surface area contributed by atoms with Gasteiger partial charge in [0.2, 0.25) is 11.1 Å². The van der Waals surface area contributed by atoms with Crippen molar-refractivity contribution in [3.05, 3.63) is 16.5 Å². The molecule has 0 spiro atoms. The van der Waals surface area contributed by atoms with E-state index in [-0.39, 0.29) is 23.6 Å². The van der Waals surface area contributed by atoms with Gasteiger partial charge in [0, 0.05) is 18.2 Å². The molecular formula is C12H19ClN2O3. The lowest BCUT2D eigenvalue weighted by Crippen LogP contribution is -2.42. The summed E-state index contributed by atoms with van der Waals surface area (Å²) in [4.78, 5) is 13.8. The Labute approximate surface area is 112 Å². The molecule has 0 aliphatic heterocycles. The molecule has 1 amide bonds. The second kappa shape index (κ2) is 6.20. The van der Waals surface area contributed by atoms with Gasteiger partial charge in [-0.05, 0) is 39.3 Å². The van der Waals surface area contributed by atoms with Gasteiger partial charge in [-0.3, -0.25) is 4.79 Å². The van der Waals surface area contributed by atoms with Gasteiger partial charge in [0.1, 0.15) is 0 Å². The number of aromatic nitrogens is 1. The second-order valence-electron chi connectivity index (χ2n) is 4.69. The summed E-state index contributed by atoms with van der Waals surface area (Å²) in [6.45, 7) is 7.51. The molecular weight excluding hydrogens is 256 g/mol. The smallest absolute Gasteiger partial charge is 0.229 e. The molecule has 0 aromatic carbocycles. The third-order valence-electron chi connectivity index (χ3n) is 2.67. The molecule has 0 radical (unpaired) electrons. The van der Waals surface area contributed by atoms with Crippen molar-refractivity contribution in [3.8, 4) is 0 Å². The zero-order valence-electron chi connectivity index (χ0n) is 11.1. The Morgan fingerprint density at radius 2 is 2.11 bits per heavy atom. The Morgan fingerprint density at radius 1 is 1.50 bits per heavy atom. The summed E-state index contributed by atoms with van der Waals surface area (Å²) in [5, 5.41) is 13.3. The molecule has 1 aromatic rings. The molecule has 1 atom stereocenters. The van der Waals surface area contributed by atoms with E-state index in [1.54, 1.807) is 18.7 Å². The van der Waals surface area contributed by atoms with Crippen LogP contribution in [-0.2, 0) is 11.2 Å². The summed E-state index contributed by atoms with van der Waals surface area (Å²) in [5.41, 5.74) is 1.23. The molecule has 0 saturated heterocycles. The second-order valence-corrected chi connectivity index (χ2v) is 5.03. The number of rotatable bonds is 5. The van der Waals surface area contributed by atoms with Crippen LogP contribution in [0.3, 0.4) is 0 Å². The molecule has 0 aliphatic rings. The highest BCUT2D eigenvalue weighted by Gasteiger charge is 2.22. The lowest BCUT2D eigenvalue weighted by molar-refractivity contribution is -0.133. The molecule has 102 valence electrons. The summed E-state index contributed by atoms with van der Waals surface area (Å²) in [6.07, 6.45) is -0.422. The van der Waals surface area contributed by atoms with Crippen molar-refractivity contribution in [1.82, 2.24) is 10.1 Å². The number of halogens is 1. The van der Waals surface area contributed by atoms with Gasteiger partial charge in [-0.1, -0.05) is 5.16 Å². The number of carbonyl (C=O) groups is 1. The maximum absolute atomic E-state index is 12.2. The van der Waals surface area contributed by atoms with Crippen LogP contribution in [0.4, 0.5) is 0 Å². The van der Waals surface area contributed by atoms with E-state index in [4.69, 9.17) is 16.1 Å². The van der Waals surface area contributed by atoms with Crippen molar-refractivity contribution >= 4 is 17.5 Å². The molecule has 18 heavy (non-hydrogen) atoms. The number of nitrogens with zero attached hydrogens (tertiary/aromatic N) is 2. The van der Waals surface area contributed by atoms with Gasteiger partial charge in [0.05, 0.1) is 18.2 Å². The zero-order chi connectivity index (χ0) is 13.9. The summed E-state index contributed by atoms with van der Waals surface area (Å²) in [5.74, 6) is -0.0981. The first-order valence-corrected chi connectivity index (χ1v) is 6.29. The third kappa shape index (κ3) is 3.71. The maximum atomic E-state index is 12.2. The van der Waals surface area contributed by atoms with Gasteiger partial charge in [-0.15, -0.1) is 0 Å². The Hall–Kier alpha value is -1.07. The minimum Gasteiger partial charge on any atom is -0.392 e. The van der Waals surface area contributed by atoms with Crippen LogP contribution in [-0.4, -0.2) is 39.8 Å². The molecule has 0 bridgehead atoms. The number of amides is 1. The van der Waals surface area contributed by atoms with Crippen LogP contribution in [0.5, 0.6) is 0 Å². The number of aliphatic hydroxyl groups excluding tert-OH is 1. The van der Waals surface area contributed by atoms with Crippen molar-refractivity contribution in [3.63, 3.8) is 0 Å². The average Bonchev–Trinajstić information content (AvgIpc) is 2.56. The van der Waals surface area contributed by atoms with Crippen molar-refractivity contribution in [1.29, 1.82) is 0 Å². The molecule has 1 unspecified atom stereocenters. The fourth-order valence-electron chi connectivity index (χ4n) is 1.70. The molecule has 0 aliphatic carbocycles. The molecule has 6 heteroatoms. The largest absolute Gasteiger partial charge is 0.392 e. The Balaban J connectivity index is 2.79. The minimum absolute atomic E-state index is 0.0195. The highest BCUT2D eigenvalue weighted by molar-refractivity contribution is 6.29. The number of aryl methyl sites for hydroxylation is 1. The third-order valence-corrected chi connectivity index (χ3v) is 2.97. The first-order valence-electron chi connectivity index (χ1n) is 5.91. The molecule has 5 nitrogen and oxygen atoms in total. The van der Waals surface area contributed by atoms with Gasteiger partial charge < -0.3 is 14.5 Å². The highest BCUT2D eigenvalue weighted by atomic mass is 35.5. The number of hydrogen-bond donors (Lipinski definition) is 1. The summed E-state index contributed by atoms with van der Waals surface area (Å²) >= 11 is 5.83. The summed E-state index contributed by atoms with van der Waals surface area (Å²) < 4.78 is 4.81. The molecule has 0 saturated carbocycles. The van der Waals surface area contributed by atoms with Gasteiger partial charge in [0.15, 0.2) is 0 Å². The number of aliphatic hydroxyl groups is 1. The van der Waals surface area contributed by atoms with E-state index in [2.05, 4.69) is 5.16 Å². The van der Waals surface area contributed by atoms with Crippen LogP contribution in [0.15, 0.2) is 4.52 Å². The Kier molecular flexibility index (Phi) is 5.16. The lowest BCUT2D eigenvalue weighted by Gasteiger charge is -2.28. The summed E-state index contributed by atoms with van der Waals surface area (Å²) in [6, 6.07) is 0.0195. The first kappa shape index (κ1) is 15.0. The molecule has 0 fully saturated rings. The monoisotopic (exact) mass is 274 g/mol. The zero-order valence-corrected chi connectivity index (χ0v) is 11.9. The maximum Gasteiger partial charge on any atom is 0.229 e. The molecule has 1 aromatic heterocycles. The van der Waals surface area contributed by atoms with E-state index in [9.17, 15) is 9.90 Å². The van der Waals surface area contributed by atoms with Crippen LogP contribution in [0.25, 0.3) is 0 Å². The van der Waals surface area contributed by atoms with E-state index in [1.165, 1.54) is 0 Å². The Bertz CT molecular complexity index is 396. The van der Waals surface area contributed by atoms with Crippen LogP contribution >= 0.6 is 11.6 Å². The minimum atomic E-state index is -0.560. The van der Waals surface area contributed by atoms with E-state index >= 15 is 0 Å². The average molecular weight is 275 g/mol. The Morgan fingerprint density at radius 3 is 2.50 bits per heavy atom. The van der Waals surface area contributed by atoms with Crippen LogP contribution in [0.2, 0.25) is 5.22 Å². The van der Waals surface area contributed by atoms with E-state index in [0.717, 1.165) is 0 Å². The van der Waals surface area contributed by atoms with E-state index in [1.807, 2.05) is 13.8 Å². The summed E-state index contributed by atoms with van der Waals surface area (Å²) in [7, 11) is 0. The standard InChI is InChI=1S/C12H19ClN2O3/c1-7(2)15(6-8(3)16)11(17)5-10-9(4)14-18-12(10)13/h7-8,16H,5-6H2,1-4H3. The predicted octanol–water partition coefficient (Wildman–Crippen LogP) is 1.80. The van der Waals surface area contributed by atoms with Gasteiger partial charge in [-0.25, -0.2) is 0 Å². The number of carbonyl (C=O) groups excluding carboxylic acids is 1. The van der Waals surface area contributed by atoms with Gasteiger partial charge >= 0.3 is 0 Å². The normalized spacial score (nSPS) is 12.8. The predicted molar refractivity (Wildman–Crippen MR) is 68.5 cm³/mol. The molecule has 1 N–H and O–H groups in total. The van der Waals surface area contributed by atoms with Crippen molar-refractivity contribution in [2.75, 3.05) is 6.54 Å². The fourth-order valence-corrected chi connectivity index (χ4v) is 1.93. The fraction of sp³-hybridized carbons (Fsp3) is 0.667. The van der Waals surface area contributed by atoms with Gasteiger partial charge in [0.25, 0.3) is 0 Å². The lowest BCUT2D eigenvalue weighted by atomic mass is 10.1. The highest BCUT2D eigenvalue weighted by Crippen LogP contribution is 2.20. The van der Waals surface area contributed by atoms with Crippen LogP contribution in [0.1, 0.15) is 32.0 Å². The topological polar surface area (TPSA) is 66.6 Å². The number of hydrogen-bond acceptors (Lipinski definition) is 4. The van der Waals surface area contributed by atoms with E-state index < -0.39 is 6.10 Å². The van der Waals surface area contributed by atoms with Crippen LogP contribution in [0, 0.1) is 6.92 Å². The van der Waals surface area contributed by atoms with Crippen LogP contribution < -0.4 is 0 Å². The van der Waals surface area contributed by atoms with Gasteiger partial charge in [-0.2, -0.15) is 0 Å². The van der Waals surface area contributed by atoms with Crippen molar-refractivity contribution < 1.29 is 14.4 Å². The van der Waals surface area contributed by atoms with Crippen molar-refractivity contribution in [2.45, 2.75) is 46.3 Å². The first-order chi connectivity index (χ1) is 8.32. The quantitative estimate of drug-likeness (QED) is 0.889. The molecule has 1 heterocycles. The van der Waals surface area contributed by atoms with E-state index in [0.29, 0.717) is 17.8 Å². The SMILES string of the molecule is Cc1noc(Cl)c1CC(=O)N(CC(C)O)C(C)C. The molecule has 1 rings (SSSR count). The van der Waals surface area contributed by atoms with Crippen molar-refractivity contribution in [2.24, 2.45) is 0 Å².